The zero-order valence-electron chi connectivity index (χ0n) is 15.3. The molecule has 1 unspecified atom stereocenters. The Kier molecular flexibility index (Phi) is 4.08. The maximum Gasteiger partial charge on any atom is 0.162 e. The van der Waals surface area contributed by atoms with E-state index in [-0.39, 0.29) is 6.10 Å². The van der Waals surface area contributed by atoms with Crippen LogP contribution in [0.25, 0.3) is 11.5 Å². The summed E-state index contributed by atoms with van der Waals surface area (Å²) in [5, 5.41) is 17.6. The molecule has 0 radical (unpaired) electrons. The molecule has 5 rings (SSSR count). The minimum Gasteiger partial charge on any atom is -0.370 e. The molecule has 9 nitrogen and oxygen atoms in total. The average molecular weight is 366 g/mol. The topological polar surface area (TPSA) is 86.8 Å². The van der Waals surface area contributed by atoms with Crippen molar-refractivity contribution < 1.29 is 4.74 Å². The minimum absolute atomic E-state index is 0.0923. The number of hydrogen-bond acceptors (Lipinski definition) is 7. The van der Waals surface area contributed by atoms with E-state index in [1.807, 2.05) is 29.9 Å². The summed E-state index contributed by atoms with van der Waals surface area (Å²) in [7, 11) is 1.95. The van der Waals surface area contributed by atoms with E-state index in [1.54, 1.807) is 6.20 Å². The fourth-order valence-corrected chi connectivity index (χ4v) is 3.82. The fraction of sp³-hybridized carbons (Fsp3) is 0.500. The second-order valence-electron chi connectivity index (χ2n) is 7.00. The van der Waals surface area contributed by atoms with Gasteiger partial charge in [-0.1, -0.05) is 0 Å². The van der Waals surface area contributed by atoms with Crippen molar-refractivity contribution in [2.75, 3.05) is 24.6 Å². The Hall–Kier alpha value is -2.81. The molecule has 3 aromatic rings. The highest BCUT2D eigenvalue weighted by molar-refractivity contribution is 5.51. The summed E-state index contributed by atoms with van der Waals surface area (Å²) >= 11 is 0. The first kappa shape index (κ1) is 16.4. The van der Waals surface area contributed by atoms with Gasteiger partial charge in [0, 0.05) is 52.1 Å². The molecule has 1 atom stereocenters. The quantitative estimate of drug-likeness (QED) is 0.692. The Morgan fingerprint density at radius 3 is 2.78 bits per heavy atom. The summed E-state index contributed by atoms with van der Waals surface area (Å²) in [6, 6.07) is 4.00. The lowest BCUT2D eigenvalue weighted by Crippen LogP contribution is -2.28. The van der Waals surface area contributed by atoms with Crippen molar-refractivity contribution in [2.45, 2.75) is 31.9 Å². The first-order chi connectivity index (χ1) is 13.3. The largest absolute Gasteiger partial charge is 0.370 e. The molecule has 0 N–H and O–H groups in total. The van der Waals surface area contributed by atoms with E-state index in [1.165, 1.54) is 0 Å². The fourth-order valence-electron chi connectivity index (χ4n) is 3.82. The predicted octanol–water partition coefficient (Wildman–Crippen LogP) is 1.38. The molecule has 27 heavy (non-hydrogen) atoms. The van der Waals surface area contributed by atoms with Crippen molar-refractivity contribution in [3.05, 3.63) is 36.2 Å². The van der Waals surface area contributed by atoms with Crippen molar-refractivity contribution in [3.63, 3.8) is 0 Å². The molecule has 0 aromatic carbocycles. The summed E-state index contributed by atoms with van der Waals surface area (Å²) in [4.78, 5) is 6.58. The van der Waals surface area contributed by atoms with Gasteiger partial charge in [-0.25, -0.2) is 4.98 Å². The van der Waals surface area contributed by atoms with Gasteiger partial charge < -0.3 is 18.8 Å². The summed E-state index contributed by atoms with van der Waals surface area (Å²) in [5.74, 6) is 3.70. The molecule has 140 valence electrons. The third-order valence-electron chi connectivity index (χ3n) is 5.30. The zero-order chi connectivity index (χ0) is 18.2. The van der Waals surface area contributed by atoms with E-state index < -0.39 is 0 Å². The standard InChI is InChI=1S/C18H22N8O/c1-24-9-7-19-17(24)13-4-5-15(21-20-13)25-8-6-16-22-23-18(26(16)11-10-25)14-3-2-12-27-14/h4-5,7,9,14H,2-3,6,8,10-12H2,1H3. The number of anilines is 1. The van der Waals surface area contributed by atoms with E-state index >= 15 is 0 Å². The van der Waals surface area contributed by atoms with Gasteiger partial charge in [-0.05, 0) is 25.0 Å². The number of nitrogens with zero attached hydrogens (tertiary/aromatic N) is 8. The maximum atomic E-state index is 5.81. The van der Waals surface area contributed by atoms with Crippen LogP contribution in [0.5, 0.6) is 0 Å². The molecule has 0 bridgehead atoms. The van der Waals surface area contributed by atoms with Crippen LogP contribution in [0.1, 0.15) is 30.6 Å². The Bertz CT molecular complexity index is 925. The van der Waals surface area contributed by atoms with Gasteiger partial charge in [0.05, 0.1) is 0 Å². The molecular formula is C18H22N8O. The normalized spacial score (nSPS) is 19.9. The van der Waals surface area contributed by atoms with Crippen LogP contribution < -0.4 is 4.90 Å². The van der Waals surface area contributed by atoms with Gasteiger partial charge in [-0.15, -0.1) is 20.4 Å². The molecule has 2 aliphatic rings. The molecule has 9 heteroatoms. The van der Waals surface area contributed by atoms with Crippen LogP contribution in [0.2, 0.25) is 0 Å². The van der Waals surface area contributed by atoms with Gasteiger partial charge in [-0.3, -0.25) is 0 Å². The van der Waals surface area contributed by atoms with E-state index in [2.05, 4.69) is 34.8 Å². The lowest BCUT2D eigenvalue weighted by molar-refractivity contribution is 0.101. The number of rotatable bonds is 3. The lowest BCUT2D eigenvalue weighted by Gasteiger charge is -2.20. The van der Waals surface area contributed by atoms with Crippen molar-refractivity contribution >= 4 is 5.82 Å². The third kappa shape index (κ3) is 2.97. The van der Waals surface area contributed by atoms with Crippen molar-refractivity contribution in [3.8, 4) is 11.5 Å². The van der Waals surface area contributed by atoms with E-state index in [9.17, 15) is 0 Å². The maximum absolute atomic E-state index is 5.81. The van der Waals surface area contributed by atoms with Crippen LogP contribution in [-0.2, 0) is 24.8 Å². The molecule has 0 amide bonds. The monoisotopic (exact) mass is 366 g/mol. The highest BCUT2D eigenvalue weighted by Crippen LogP contribution is 2.28. The molecule has 1 fully saturated rings. The van der Waals surface area contributed by atoms with E-state index in [0.717, 1.165) is 74.5 Å². The molecule has 2 aliphatic heterocycles. The lowest BCUT2D eigenvalue weighted by atomic mass is 10.2. The number of aromatic nitrogens is 7. The molecule has 5 heterocycles. The Labute approximate surface area is 157 Å². The minimum atomic E-state index is 0.0923. The van der Waals surface area contributed by atoms with Crippen molar-refractivity contribution in [1.29, 1.82) is 0 Å². The third-order valence-corrected chi connectivity index (χ3v) is 5.30. The van der Waals surface area contributed by atoms with Crippen LogP contribution >= 0.6 is 0 Å². The highest BCUT2D eigenvalue weighted by Gasteiger charge is 2.27. The SMILES string of the molecule is Cn1ccnc1-c1ccc(N2CCc3nnc(C4CCCO4)n3CC2)nn1. The first-order valence-electron chi connectivity index (χ1n) is 9.39. The van der Waals surface area contributed by atoms with Crippen LogP contribution in [-0.4, -0.2) is 54.2 Å². The number of fused-ring (bicyclic) bond motifs is 1. The molecule has 0 spiro atoms. The number of imidazole rings is 1. The second kappa shape index (κ2) is 6.73. The van der Waals surface area contributed by atoms with Crippen LogP contribution in [0.4, 0.5) is 5.82 Å². The first-order valence-corrected chi connectivity index (χ1v) is 9.39. The van der Waals surface area contributed by atoms with Gasteiger partial charge in [0.25, 0.3) is 0 Å². The molecule has 1 saturated heterocycles. The van der Waals surface area contributed by atoms with Crippen LogP contribution in [0.15, 0.2) is 24.5 Å². The van der Waals surface area contributed by atoms with Gasteiger partial charge in [0.15, 0.2) is 17.5 Å². The highest BCUT2D eigenvalue weighted by atomic mass is 16.5. The summed E-state index contributed by atoms with van der Waals surface area (Å²) in [5.41, 5.74) is 0.777. The van der Waals surface area contributed by atoms with Gasteiger partial charge >= 0.3 is 0 Å². The Morgan fingerprint density at radius 1 is 1.07 bits per heavy atom. The van der Waals surface area contributed by atoms with Gasteiger partial charge in [0.2, 0.25) is 0 Å². The number of aryl methyl sites for hydroxylation is 1. The van der Waals surface area contributed by atoms with Crippen LogP contribution in [0, 0.1) is 0 Å². The Morgan fingerprint density at radius 2 is 2.04 bits per heavy atom. The molecule has 3 aromatic heterocycles. The summed E-state index contributed by atoms with van der Waals surface area (Å²) < 4.78 is 9.97. The van der Waals surface area contributed by atoms with Crippen molar-refractivity contribution in [2.24, 2.45) is 7.05 Å². The molecular weight excluding hydrogens is 344 g/mol. The average Bonchev–Trinajstić information content (AvgIpc) is 3.41. The van der Waals surface area contributed by atoms with Crippen molar-refractivity contribution in [1.82, 2.24) is 34.5 Å². The van der Waals surface area contributed by atoms with Crippen LogP contribution in [0.3, 0.4) is 0 Å². The Balaban J connectivity index is 1.33. The van der Waals surface area contributed by atoms with E-state index in [4.69, 9.17) is 4.74 Å². The van der Waals surface area contributed by atoms with Gasteiger partial charge in [-0.2, -0.15) is 0 Å². The number of hydrogen-bond donors (Lipinski definition) is 0. The van der Waals surface area contributed by atoms with E-state index in [0.29, 0.717) is 0 Å². The zero-order valence-corrected chi connectivity index (χ0v) is 15.3. The summed E-state index contributed by atoms with van der Waals surface area (Å²) in [6.07, 6.45) is 6.72. The number of ether oxygens (including phenoxy) is 1. The molecule has 0 aliphatic carbocycles. The molecule has 0 saturated carbocycles. The predicted molar refractivity (Wildman–Crippen MR) is 98.1 cm³/mol. The summed E-state index contributed by atoms with van der Waals surface area (Å²) in [6.45, 7) is 3.35. The smallest absolute Gasteiger partial charge is 0.162 e. The van der Waals surface area contributed by atoms with Gasteiger partial charge in [0.1, 0.15) is 17.6 Å². The second-order valence-corrected chi connectivity index (χ2v) is 7.00.